The zero-order valence-corrected chi connectivity index (χ0v) is 19.4. The molecule has 0 aromatic carbocycles. The molecule has 2 aliphatic rings. The molecule has 0 saturated carbocycles. The first-order valence-corrected chi connectivity index (χ1v) is 10.6. The number of hydrogen-bond acceptors (Lipinski definition) is 7. The van der Waals surface area contributed by atoms with E-state index in [0.717, 1.165) is 12.5 Å². The van der Waals surface area contributed by atoms with Crippen molar-refractivity contribution in [1.29, 1.82) is 5.41 Å². The normalized spacial score (nSPS) is 25.2. The molecule has 7 nitrogen and oxygen atoms in total. The highest BCUT2D eigenvalue weighted by Gasteiger charge is 2.53. The van der Waals surface area contributed by atoms with E-state index in [9.17, 15) is 18.0 Å². The van der Waals surface area contributed by atoms with Crippen molar-refractivity contribution in [2.45, 2.75) is 71.3 Å². The van der Waals surface area contributed by atoms with Gasteiger partial charge in [0, 0.05) is 13.1 Å². The van der Waals surface area contributed by atoms with Gasteiger partial charge in [-0.25, -0.2) is 0 Å². The van der Waals surface area contributed by atoms with Crippen LogP contribution in [0.2, 0.25) is 0 Å². The van der Waals surface area contributed by atoms with Crippen LogP contribution in [0, 0.1) is 10.8 Å². The minimum atomic E-state index is -4.64. The van der Waals surface area contributed by atoms with Gasteiger partial charge in [0.05, 0.1) is 17.8 Å². The predicted molar refractivity (Wildman–Crippen MR) is 114 cm³/mol. The zero-order chi connectivity index (χ0) is 24.4. The Hall–Kier alpha value is -2.01. The van der Waals surface area contributed by atoms with E-state index >= 15 is 0 Å². The van der Waals surface area contributed by atoms with Crippen LogP contribution in [-0.2, 0) is 23.6 Å². The van der Waals surface area contributed by atoms with Crippen LogP contribution >= 0.6 is 0 Å². The van der Waals surface area contributed by atoms with Gasteiger partial charge in [0.1, 0.15) is 17.7 Å². The first-order chi connectivity index (χ1) is 14.7. The number of nitrogens with one attached hydrogen (secondary N) is 2. The van der Waals surface area contributed by atoms with Crippen molar-refractivity contribution >= 4 is 19.0 Å². The van der Waals surface area contributed by atoms with Crippen LogP contribution < -0.4 is 5.32 Å². The standard InChI is InChI=1S/C21H32BF3N2O5/c1-7-29-17(28)20(13-30-16(26)12-15(27-6)21(23,24)25)10-8-14(9-11-20)22-31-18(2,3)19(4,5)32-22/h8,12,26-27H,7,9-11,13H2,1-6H3/b15-12-,26-16?. The summed E-state index contributed by atoms with van der Waals surface area (Å²) in [5.74, 6) is -1.21. The molecule has 11 heteroatoms. The Morgan fingerprint density at radius 2 is 1.84 bits per heavy atom. The lowest BCUT2D eigenvalue weighted by Crippen LogP contribution is -2.41. The Kier molecular flexibility index (Phi) is 7.76. The smallest absolute Gasteiger partial charge is 0.477 e. The van der Waals surface area contributed by atoms with Crippen molar-refractivity contribution in [2.24, 2.45) is 5.41 Å². The van der Waals surface area contributed by atoms with Crippen molar-refractivity contribution < 1.29 is 36.7 Å². The van der Waals surface area contributed by atoms with E-state index in [1.54, 1.807) is 6.92 Å². The average molecular weight is 460 g/mol. The van der Waals surface area contributed by atoms with Crippen molar-refractivity contribution in [1.82, 2.24) is 5.32 Å². The summed E-state index contributed by atoms with van der Waals surface area (Å²) in [5.41, 5.74) is -2.32. The molecule has 32 heavy (non-hydrogen) atoms. The Morgan fingerprint density at radius 3 is 2.28 bits per heavy atom. The lowest BCUT2D eigenvalue weighted by atomic mass is 9.66. The fraction of sp³-hybridized carbons (Fsp3) is 0.714. The van der Waals surface area contributed by atoms with Gasteiger partial charge in [0.25, 0.3) is 0 Å². The summed E-state index contributed by atoms with van der Waals surface area (Å²) in [5, 5.41) is 9.77. The molecular formula is C21H32BF3N2O5. The van der Waals surface area contributed by atoms with E-state index in [2.05, 4.69) is 0 Å². The maximum atomic E-state index is 12.9. The van der Waals surface area contributed by atoms with Gasteiger partial charge in [-0.05, 0) is 59.4 Å². The summed E-state index contributed by atoms with van der Waals surface area (Å²) in [6.45, 7) is 9.36. The van der Waals surface area contributed by atoms with Gasteiger partial charge in [-0.15, -0.1) is 0 Å². The number of allylic oxidation sites excluding steroid dienone is 3. The van der Waals surface area contributed by atoms with Crippen LogP contribution in [-0.4, -0.2) is 56.6 Å². The Bertz CT molecular complexity index is 779. The molecule has 1 fully saturated rings. The van der Waals surface area contributed by atoms with Gasteiger partial charge in [0.15, 0.2) is 0 Å². The first-order valence-electron chi connectivity index (χ1n) is 10.6. The average Bonchev–Trinajstić information content (AvgIpc) is 2.91. The fourth-order valence-electron chi connectivity index (χ4n) is 3.47. The SMILES string of the molecule is CCOC(=O)C1(COC(=N)/C=C(\NC)C(F)(F)F)CC=C(B2OC(C)(C)C(C)(C)O2)CC1. The minimum absolute atomic E-state index is 0.156. The third-order valence-corrected chi connectivity index (χ3v) is 6.27. The second kappa shape index (κ2) is 9.47. The highest BCUT2D eigenvalue weighted by Crippen LogP contribution is 2.43. The molecule has 1 aliphatic heterocycles. The van der Waals surface area contributed by atoms with Gasteiger partial charge >= 0.3 is 19.3 Å². The van der Waals surface area contributed by atoms with Crippen LogP contribution in [0.5, 0.6) is 0 Å². The maximum Gasteiger partial charge on any atom is 0.490 e. The molecule has 0 radical (unpaired) electrons. The van der Waals surface area contributed by atoms with Gasteiger partial charge < -0.3 is 24.1 Å². The second-order valence-corrected chi connectivity index (χ2v) is 9.03. The number of carbonyl (C=O) groups is 1. The monoisotopic (exact) mass is 460 g/mol. The van der Waals surface area contributed by atoms with Crippen molar-refractivity contribution in [3.05, 3.63) is 23.3 Å². The summed E-state index contributed by atoms with van der Waals surface area (Å²) in [6.07, 6.45) is -1.22. The number of rotatable bonds is 7. The predicted octanol–water partition coefficient (Wildman–Crippen LogP) is 3.94. The van der Waals surface area contributed by atoms with E-state index in [-0.39, 0.29) is 19.6 Å². The van der Waals surface area contributed by atoms with Gasteiger partial charge in [-0.2, -0.15) is 13.2 Å². The van der Waals surface area contributed by atoms with Gasteiger partial charge in [-0.1, -0.05) is 6.08 Å². The molecular weight excluding hydrogens is 428 g/mol. The molecule has 0 amide bonds. The number of halogens is 3. The van der Waals surface area contributed by atoms with Crippen LogP contribution in [0.4, 0.5) is 13.2 Å². The minimum Gasteiger partial charge on any atom is -0.477 e. The first kappa shape index (κ1) is 26.2. The molecule has 2 rings (SSSR count). The Balaban J connectivity index is 2.15. The molecule has 2 N–H and O–H groups in total. The summed E-state index contributed by atoms with van der Waals surface area (Å²) in [7, 11) is 0.572. The number of carbonyl (C=O) groups excluding carboxylic acids is 1. The van der Waals surface area contributed by atoms with Crippen LogP contribution in [0.3, 0.4) is 0 Å². The molecule has 1 unspecified atom stereocenters. The number of esters is 1. The summed E-state index contributed by atoms with van der Waals surface area (Å²) < 4.78 is 61.3. The summed E-state index contributed by atoms with van der Waals surface area (Å²) >= 11 is 0. The molecule has 0 bridgehead atoms. The molecule has 0 aromatic rings. The van der Waals surface area contributed by atoms with E-state index in [4.69, 9.17) is 24.2 Å². The fourth-order valence-corrected chi connectivity index (χ4v) is 3.47. The Morgan fingerprint density at radius 1 is 1.25 bits per heavy atom. The quantitative estimate of drug-likeness (QED) is 0.259. The molecule has 180 valence electrons. The molecule has 1 saturated heterocycles. The summed E-state index contributed by atoms with van der Waals surface area (Å²) in [4.78, 5) is 12.7. The van der Waals surface area contributed by atoms with E-state index in [1.807, 2.05) is 39.1 Å². The van der Waals surface area contributed by atoms with E-state index in [1.165, 1.54) is 0 Å². The van der Waals surface area contributed by atoms with Crippen molar-refractivity contribution in [3.8, 4) is 0 Å². The van der Waals surface area contributed by atoms with Gasteiger partial charge in [-0.3, -0.25) is 10.2 Å². The number of hydrogen-bond donors (Lipinski definition) is 2. The third-order valence-electron chi connectivity index (χ3n) is 6.27. The molecule has 1 heterocycles. The maximum absolute atomic E-state index is 12.9. The van der Waals surface area contributed by atoms with E-state index in [0.29, 0.717) is 18.9 Å². The summed E-state index contributed by atoms with van der Waals surface area (Å²) in [6, 6.07) is 0. The lowest BCUT2D eigenvalue weighted by molar-refractivity contribution is -0.158. The Labute approximate surface area is 187 Å². The van der Waals surface area contributed by atoms with Crippen molar-refractivity contribution in [3.63, 3.8) is 0 Å². The van der Waals surface area contributed by atoms with Crippen LogP contribution in [0.1, 0.15) is 53.9 Å². The highest BCUT2D eigenvalue weighted by atomic mass is 19.4. The topological polar surface area (TPSA) is 89.9 Å². The molecule has 1 atom stereocenters. The van der Waals surface area contributed by atoms with Crippen LogP contribution in [0.25, 0.3) is 0 Å². The molecule has 1 aliphatic carbocycles. The third kappa shape index (κ3) is 5.67. The van der Waals surface area contributed by atoms with Crippen molar-refractivity contribution in [2.75, 3.05) is 20.3 Å². The highest BCUT2D eigenvalue weighted by molar-refractivity contribution is 6.54. The zero-order valence-electron chi connectivity index (χ0n) is 19.4. The molecule has 0 spiro atoms. The largest absolute Gasteiger partial charge is 0.490 e. The lowest BCUT2D eigenvalue weighted by Gasteiger charge is -2.34. The van der Waals surface area contributed by atoms with Crippen LogP contribution in [0.15, 0.2) is 23.3 Å². The molecule has 0 aromatic heterocycles. The number of alkyl halides is 3. The number of ether oxygens (including phenoxy) is 2. The van der Waals surface area contributed by atoms with E-state index < -0.39 is 47.5 Å². The van der Waals surface area contributed by atoms with Gasteiger partial charge in [0.2, 0.25) is 5.90 Å². The second-order valence-electron chi connectivity index (χ2n) is 9.03.